The first-order valence-electron chi connectivity index (χ1n) is 9.15. The summed E-state index contributed by atoms with van der Waals surface area (Å²) in [6.07, 6.45) is 1.63. The van der Waals surface area contributed by atoms with Crippen LogP contribution in [-0.4, -0.2) is 30.0 Å². The topological polar surface area (TPSA) is 78.1 Å². The van der Waals surface area contributed by atoms with Crippen molar-refractivity contribution in [3.63, 3.8) is 0 Å². The molecular formula is C22H16N6O. The standard InChI is InChI=1S/C22H16N6O/c1-3-8-16(9-4-1)19-14-20-25-26-21(17-10-5-2-6-11-17)28(20)27-22(19)29-15-18-12-7-13-23-24-18/h1-14H,15H2. The Morgan fingerprint density at radius 3 is 2.24 bits per heavy atom. The molecule has 0 amide bonds. The maximum Gasteiger partial charge on any atom is 0.240 e. The molecule has 0 aliphatic heterocycles. The highest BCUT2D eigenvalue weighted by Crippen LogP contribution is 2.30. The minimum Gasteiger partial charge on any atom is -0.470 e. The van der Waals surface area contributed by atoms with Crippen molar-refractivity contribution in [1.29, 1.82) is 0 Å². The zero-order chi connectivity index (χ0) is 19.5. The van der Waals surface area contributed by atoms with Gasteiger partial charge in [0.15, 0.2) is 11.5 Å². The van der Waals surface area contributed by atoms with Crippen LogP contribution >= 0.6 is 0 Å². The molecule has 7 nitrogen and oxygen atoms in total. The van der Waals surface area contributed by atoms with Crippen LogP contribution in [-0.2, 0) is 6.61 Å². The van der Waals surface area contributed by atoms with Crippen molar-refractivity contribution in [2.75, 3.05) is 0 Å². The van der Waals surface area contributed by atoms with Crippen LogP contribution in [0.4, 0.5) is 0 Å². The predicted molar refractivity (Wildman–Crippen MR) is 108 cm³/mol. The molecule has 0 saturated heterocycles. The van der Waals surface area contributed by atoms with Crippen molar-refractivity contribution in [2.45, 2.75) is 6.61 Å². The van der Waals surface area contributed by atoms with Crippen LogP contribution in [0.1, 0.15) is 5.69 Å². The Balaban J connectivity index is 1.62. The fourth-order valence-corrected chi connectivity index (χ4v) is 3.07. The lowest BCUT2D eigenvalue weighted by Crippen LogP contribution is -2.05. The predicted octanol–water partition coefficient (Wildman–Crippen LogP) is 3.83. The monoisotopic (exact) mass is 380 g/mol. The molecule has 140 valence electrons. The van der Waals surface area contributed by atoms with E-state index in [1.54, 1.807) is 10.7 Å². The summed E-state index contributed by atoms with van der Waals surface area (Å²) in [6, 6.07) is 25.4. The van der Waals surface area contributed by atoms with Gasteiger partial charge in [-0.3, -0.25) is 0 Å². The summed E-state index contributed by atoms with van der Waals surface area (Å²) in [5.41, 5.74) is 4.13. The van der Waals surface area contributed by atoms with E-state index < -0.39 is 0 Å². The van der Waals surface area contributed by atoms with E-state index >= 15 is 0 Å². The van der Waals surface area contributed by atoms with Crippen molar-refractivity contribution in [1.82, 2.24) is 30.0 Å². The molecule has 0 fully saturated rings. The molecule has 0 spiro atoms. The van der Waals surface area contributed by atoms with Crippen molar-refractivity contribution in [3.8, 4) is 28.4 Å². The number of nitrogens with zero attached hydrogens (tertiary/aromatic N) is 6. The van der Waals surface area contributed by atoms with E-state index in [1.165, 1.54) is 0 Å². The summed E-state index contributed by atoms with van der Waals surface area (Å²) < 4.78 is 7.76. The third-order valence-electron chi connectivity index (χ3n) is 4.46. The van der Waals surface area contributed by atoms with Gasteiger partial charge in [-0.15, -0.1) is 15.3 Å². The van der Waals surface area contributed by atoms with Crippen molar-refractivity contribution in [2.24, 2.45) is 0 Å². The Labute approximate surface area is 166 Å². The highest BCUT2D eigenvalue weighted by atomic mass is 16.5. The van der Waals surface area contributed by atoms with Gasteiger partial charge in [0.05, 0.1) is 0 Å². The number of ether oxygens (including phenoxy) is 1. The average molecular weight is 380 g/mol. The maximum absolute atomic E-state index is 6.06. The number of hydrogen-bond donors (Lipinski definition) is 0. The Hall–Kier alpha value is -4.13. The van der Waals surface area contributed by atoms with Crippen molar-refractivity contribution >= 4 is 5.65 Å². The first-order valence-corrected chi connectivity index (χ1v) is 9.15. The number of hydrogen-bond acceptors (Lipinski definition) is 6. The summed E-state index contributed by atoms with van der Waals surface area (Å²) in [5.74, 6) is 1.14. The molecule has 3 aromatic heterocycles. The van der Waals surface area contributed by atoms with Gasteiger partial charge < -0.3 is 4.74 Å². The van der Waals surface area contributed by atoms with E-state index in [2.05, 4.69) is 20.4 Å². The number of benzene rings is 2. The van der Waals surface area contributed by atoms with Gasteiger partial charge in [0.25, 0.3) is 0 Å². The van der Waals surface area contributed by atoms with Crippen LogP contribution < -0.4 is 4.74 Å². The van der Waals surface area contributed by atoms with Gasteiger partial charge >= 0.3 is 0 Å². The smallest absolute Gasteiger partial charge is 0.240 e. The molecule has 0 N–H and O–H groups in total. The molecule has 5 rings (SSSR count). The summed E-state index contributed by atoms with van der Waals surface area (Å²) in [4.78, 5) is 0. The normalized spacial score (nSPS) is 10.9. The number of fused-ring (bicyclic) bond motifs is 1. The van der Waals surface area contributed by atoms with E-state index in [4.69, 9.17) is 9.84 Å². The van der Waals surface area contributed by atoms with Crippen LogP contribution in [0.15, 0.2) is 85.1 Å². The zero-order valence-corrected chi connectivity index (χ0v) is 15.4. The first-order chi connectivity index (χ1) is 14.4. The largest absolute Gasteiger partial charge is 0.470 e. The van der Waals surface area contributed by atoms with Gasteiger partial charge in [0.2, 0.25) is 5.88 Å². The summed E-state index contributed by atoms with van der Waals surface area (Å²) >= 11 is 0. The van der Waals surface area contributed by atoms with E-state index in [0.717, 1.165) is 22.4 Å². The quantitative estimate of drug-likeness (QED) is 0.461. The molecular weight excluding hydrogens is 364 g/mol. The van der Waals surface area contributed by atoms with E-state index in [9.17, 15) is 0 Å². The van der Waals surface area contributed by atoms with E-state index in [1.807, 2.05) is 78.9 Å². The lowest BCUT2D eigenvalue weighted by atomic mass is 10.1. The highest BCUT2D eigenvalue weighted by Gasteiger charge is 2.16. The van der Waals surface area contributed by atoms with Crippen molar-refractivity contribution in [3.05, 3.63) is 90.8 Å². The minimum absolute atomic E-state index is 0.259. The fourth-order valence-electron chi connectivity index (χ4n) is 3.07. The minimum atomic E-state index is 0.259. The Bertz CT molecular complexity index is 1240. The van der Waals surface area contributed by atoms with Crippen molar-refractivity contribution < 1.29 is 4.74 Å². The SMILES string of the molecule is c1ccc(-c2cc3nnc(-c4ccccc4)n3nc2OCc2cccnn2)cc1. The van der Waals surface area contributed by atoms with Gasteiger partial charge in [-0.05, 0) is 23.8 Å². The molecule has 7 heteroatoms. The molecule has 0 saturated carbocycles. The van der Waals surface area contributed by atoms with Gasteiger partial charge in [0.1, 0.15) is 12.3 Å². The Morgan fingerprint density at radius 1 is 0.759 bits per heavy atom. The second-order valence-corrected chi connectivity index (χ2v) is 6.39. The molecule has 0 atom stereocenters. The zero-order valence-electron chi connectivity index (χ0n) is 15.4. The highest BCUT2D eigenvalue weighted by molar-refractivity contribution is 5.72. The van der Waals surface area contributed by atoms with Crippen LogP contribution in [0.2, 0.25) is 0 Å². The third-order valence-corrected chi connectivity index (χ3v) is 4.46. The molecule has 0 bridgehead atoms. The molecule has 2 aromatic carbocycles. The Kier molecular flexibility index (Phi) is 4.38. The molecule has 0 aliphatic rings. The average Bonchev–Trinajstić information content (AvgIpc) is 3.22. The summed E-state index contributed by atoms with van der Waals surface area (Å²) in [6.45, 7) is 0.259. The van der Waals surface area contributed by atoms with Crippen LogP contribution in [0.25, 0.3) is 28.2 Å². The van der Waals surface area contributed by atoms with E-state index in [-0.39, 0.29) is 6.61 Å². The Morgan fingerprint density at radius 2 is 1.52 bits per heavy atom. The number of aromatic nitrogens is 6. The molecule has 0 aliphatic carbocycles. The molecule has 29 heavy (non-hydrogen) atoms. The van der Waals surface area contributed by atoms with E-state index in [0.29, 0.717) is 17.4 Å². The second-order valence-electron chi connectivity index (χ2n) is 6.39. The van der Waals surface area contributed by atoms with Crippen LogP contribution in [0.5, 0.6) is 5.88 Å². The molecule has 0 radical (unpaired) electrons. The van der Waals surface area contributed by atoms with Crippen LogP contribution in [0, 0.1) is 0 Å². The molecule has 5 aromatic rings. The summed E-state index contributed by atoms with van der Waals surface area (Å²) in [7, 11) is 0. The lowest BCUT2D eigenvalue weighted by Gasteiger charge is -2.11. The van der Waals surface area contributed by atoms with Gasteiger partial charge in [-0.1, -0.05) is 60.7 Å². The van der Waals surface area contributed by atoms with Gasteiger partial charge in [0, 0.05) is 17.3 Å². The second kappa shape index (κ2) is 7.47. The van der Waals surface area contributed by atoms with Gasteiger partial charge in [-0.25, -0.2) is 0 Å². The van der Waals surface area contributed by atoms with Crippen LogP contribution in [0.3, 0.4) is 0 Å². The van der Waals surface area contributed by atoms with Gasteiger partial charge in [-0.2, -0.15) is 14.7 Å². The third kappa shape index (κ3) is 3.41. The lowest BCUT2D eigenvalue weighted by molar-refractivity contribution is 0.285. The first kappa shape index (κ1) is 17.0. The molecule has 0 unspecified atom stereocenters. The maximum atomic E-state index is 6.06. The fraction of sp³-hybridized carbons (Fsp3) is 0.0455. The number of rotatable bonds is 5. The summed E-state index contributed by atoms with van der Waals surface area (Å²) in [5, 5.41) is 21.3. The molecule has 3 heterocycles.